The number of ether oxygens (including phenoxy) is 1. The number of carbonyl (C=O) groups excluding carboxylic acids is 1. The minimum atomic E-state index is -0.990. The molecule has 8 nitrogen and oxygen atoms in total. The fourth-order valence-corrected chi connectivity index (χ4v) is 3.47. The van der Waals surface area contributed by atoms with Crippen molar-refractivity contribution in [2.75, 3.05) is 23.9 Å². The van der Waals surface area contributed by atoms with E-state index in [0.29, 0.717) is 41.6 Å². The van der Waals surface area contributed by atoms with Crippen LogP contribution in [0, 0.1) is 6.92 Å². The van der Waals surface area contributed by atoms with Gasteiger partial charge in [-0.3, -0.25) is 4.79 Å². The number of aryl methyl sites for hydroxylation is 1. The monoisotopic (exact) mass is 368 g/mol. The maximum atomic E-state index is 12.1. The van der Waals surface area contributed by atoms with Gasteiger partial charge in [0.05, 0.1) is 12.3 Å². The molecule has 2 aliphatic rings. The lowest BCUT2D eigenvalue weighted by Crippen LogP contribution is -2.44. The number of aliphatic carboxylic acids is 1. The van der Waals surface area contributed by atoms with E-state index in [2.05, 4.69) is 15.3 Å². The molecule has 4 rings (SSSR count). The van der Waals surface area contributed by atoms with E-state index < -0.39 is 12.1 Å². The second-order valence-corrected chi connectivity index (χ2v) is 6.86. The van der Waals surface area contributed by atoms with Gasteiger partial charge < -0.3 is 20.1 Å². The van der Waals surface area contributed by atoms with E-state index in [1.165, 1.54) is 0 Å². The van der Waals surface area contributed by atoms with E-state index in [1.807, 2.05) is 37.9 Å². The number of hydrogen-bond donors (Lipinski definition) is 2. The van der Waals surface area contributed by atoms with Gasteiger partial charge in [-0.05, 0) is 37.5 Å². The number of nitrogens with one attached hydrogen (secondary N) is 1. The molecule has 27 heavy (non-hydrogen) atoms. The number of nitrogens with zero attached hydrogens (tertiary/aromatic N) is 3. The molecule has 2 N–H and O–H groups in total. The number of amides is 1. The average molecular weight is 368 g/mol. The number of carboxylic acids is 1. The predicted molar refractivity (Wildman–Crippen MR) is 98.7 cm³/mol. The number of fused-ring (bicyclic) bond motifs is 2. The van der Waals surface area contributed by atoms with E-state index in [1.54, 1.807) is 6.07 Å². The maximum Gasteiger partial charge on any atom is 0.337 e. The van der Waals surface area contributed by atoms with Crippen LogP contribution in [0.15, 0.2) is 18.2 Å². The highest BCUT2D eigenvalue weighted by Crippen LogP contribution is 2.35. The summed E-state index contributed by atoms with van der Waals surface area (Å²) in [6.07, 6.45) is -0.291. The quantitative estimate of drug-likeness (QED) is 0.834. The summed E-state index contributed by atoms with van der Waals surface area (Å²) in [6, 6.07) is 5.20. The third-order valence-corrected chi connectivity index (χ3v) is 5.18. The second kappa shape index (κ2) is 6.31. The molecule has 1 unspecified atom stereocenters. The highest BCUT2D eigenvalue weighted by atomic mass is 16.5. The normalized spacial score (nSPS) is 21.3. The van der Waals surface area contributed by atoms with Crippen LogP contribution in [-0.4, -0.2) is 46.6 Å². The smallest absolute Gasteiger partial charge is 0.337 e. The van der Waals surface area contributed by atoms with Crippen LogP contribution in [0.1, 0.15) is 29.8 Å². The lowest BCUT2D eigenvalue weighted by atomic mass is 9.95. The number of rotatable bonds is 2. The number of likely N-dealkylation sites (N-methyl/N-ethyl adjacent to an activating group) is 1. The Morgan fingerprint density at radius 1 is 1.37 bits per heavy atom. The maximum absolute atomic E-state index is 12.1. The van der Waals surface area contributed by atoms with Gasteiger partial charge >= 0.3 is 5.97 Å². The van der Waals surface area contributed by atoms with Crippen LogP contribution in [0.3, 0.4) is 0 Å². The minimum Gasteiger partial charge on any atom is -0.479 e. The lowest BCUT2D eigenvalue weighted by molar-refractivity contribution is -0.151. The molecule has 0 fully saturated rings. The number of hydrogen-bond acceptors (Lipinski definition) is 6. The fourth-order valence-electron chi connectivity index (χ4n) is 3.47. The zero-order valence-electron chi connectivity index (χ0n) is 15.3. The molecule has 0 spiro atoms. The molecular weight excluding hydrogens is 348 g/mol. The molecule has 1 aromatic heterocycles. The Morgan fingerprint density at radius 2 is 2.15 bits per heavy atom. The van der Waals surface area contributed by atoms with Crippen LogP contribution >= 0.6 is 0 Å². The van der Waals surface area contributed by atoms with Gasteiger partial charge in [0.2, 0.25) is 5.91 Å². The largest absolute Gasteiger partial charge is 0.479 e. The Bertz CT molecular complexity index is 959. The van der Waals surface area contributed by atoms with Crippen LogP contribution < -0.4 is 10.2 Å². The van der Waals surface area contributed by atoms with Crippen LogP contribution in [0.2, 0.25) is 0 Å². The van der Waals surface area contributed by atoms with E-state index in [4.69, 9.17) is 4.74 Å². The van der Waals surface area contributed by atoms with Crippen molar-refractivity contribution in [3.8, 4) is 11.4 Å². The van der Waals surface area contributed by atoms with Crippen LogP contribution in [0.25, 0.3) is 11.4 Å². The van der Waals surface area contributed by atoms with Crippen molar-refractivity contribution in [2.24, 2.45) is 0 Å². The van der Waals surface area contributed by atoms with E-state index in [0.717, 1.165) is 11.1 Å². The van der Waals surface area contributed by atoms with E-state index in [9.17, 15) is 14.7 Å². The third kappa shape index (κ3) is 2.82. The number of carboxylic acid groups (broad SMARTS) is 1. The van der Waals surface area contributed by atoms with Crippen LogP contribution in [0.4, 0.5) is 11.5 Å². The van der Waals surface area contributed by atoms with Crippen LogP contribution in [-0.2, 0) is 20.7 Å². The van der Waals surface area contributed by atoms with Crippen molar-refractivity contribution >= 4 is 23.4 Å². The van der Waals surface area contributed by atoms with Crippen molar-refractivity contribution in [3.63, 3.8) is 0 Å². The van der Waals surface area contributed by atoms with Crippen molar-refractivity contribution in [2.45, 2.75) is 32.4 Å². The molecule has 0 aliphatic carbocycles. The Morgan fingerprint density at radius 3 is 2.89 bits per heavy atom. The van der Waals surface area contributed by atoms with Gasteiger partial charge in [-0.1, -0.05) is 12.1 Å². The summed E-state index contributed by atoms with van der Waals surface area (Å²) in [4.78, 5) is 34.5. The van der Waals surface area contributed by atoms with Gasteiger partial charge in [-0.2, -0.15) is 0 Å². The second-order valence-electron chi connectivity index (χ2n) is 6.86. The first-order valence-electron chi connectivity index (χ1n) is 8.76. The summed E-state index contributed by atoms with van der Waals surface area (Å²) in [5, 5.41) is 12.2. The Balaban J connectivity index is 1.78. The number of anilines is 2. The van der Waals surface area contributed by atoms with Gasteiger partial charge in [-0.15, -0.1) is 0 Å². The molecule has 140 valence electrons. The first kappa shape index (κ1) is 17.4. The predicted octanol–water partition coefficient (Wildman–Crippen LogP) is 1.93. The molecule has 1 amide bonds. The van der Waals surface area contributed by atoms with Gasteiger partial charge in [0, 0.05) is 12.6 Å². The summed E-state index contributed by atoms with van der Waals surface area (Å²) in [7, 11) is 1.83. The van der Waals surface area contributed by atoms with Crippen molar-refractivity contribution in [3.05, 3.63) is 35.0 Å². The average Bonchev–Trinajstić information content (AvgIpc) is 2.66. The van der Waals surface area contributed by atoms with Crippen LogP contribution in [0.5, 0.6) is 0 Å². The van der Waals surface area contributed by atoms with Gasteiger partial charge in [0.15, 0.2) is 17.7 Å². The van der Waals surface area contributed by atoms with Crippen molar-refractivity contribution in [1.29, 1.82) is 0 Å². The highest BCUT2D eigenvalue weighted by molar-refractivity contribution is 6.03. The summed E-state index contributed by atoms with van der Waals surface area (Å²) in [6.45, 7) is 4.02. The molecule has 8 heteroatoms. The lowest BCUT2D eigenvalue weighted by Gasteiger charge is -2.32. The van der Waals surface area contributed by atoms with Crippen molar-refractivity contribution < 1.29 is 19.4 Å². The third-order valence-electron chi connectivity index (χ3n) is 5.18. The molecule has 2 atom stereocenters. The first-order valence-corrected chi connectivity index (χ1v) is 8.76. The summed E-state index contributed by atoms with van der Waals surface area (Å²) < 4.78 is 5.36. The highest BCUT2D eigenvalue weighted by Gasteiger charge is 2.31. The topological polar surface area (TPSA) is 105 Å². The Kier molecular flexibility index (Phi) is 4.07. The van der Waals surface area contributed by atoms with E-state index in [-0.39, 0.29) is 11.9 Å². The standard InChI is InChI=1S/C19H20N4O4/c1-9-14-17(23(3)10(2)18(24)21-14)22-16(20-9)12-4-5-13-11(8-12)6-7-27-15(13)19(25)26/h4-5,8,10,15H,6-7H2,1-3H3,(H,21,24)(H,25,26)/t10-,15?/m0/s1. The zero-order chi connectivity index (χ0) is 19.3. The van der Waals surface area contributed by atoms with E-state index >= 15 is 0 Å². The fraction of sp³-hybridized carbons (Fsp3) is 0.368. The van der Waals surface area contributed by atoms with Crippen molar-refractivity contribution in [1.82, 2.24) is 9.97 Å². The minimum absolute atomic E-state index is 0.0852. The first-order chi connectivity index (χ1) is 12.9. The molecule has 0 bridgehead atoms. The molecule has 0 saturated carbocycles. The molecule has 0 saturated heterocycles. The zero-order valence-corrected chi connectivity index (χ0v) is 15.3. The van der Waals surface area contributed by atoms with Gasteiger partial charge in [-0.25, -0.2) is 14.8 Å². The Hall–Kier alpha value is -3.00. The summed E-state index contributed by atoms with van der Waals surface area (Å²) in [5.41, 5.74) is 3.72. The summed E-state index contributed by atoms with van der Waals surface area (Å²) >= 11 is 0. The van der Waals surface area contributed by atoms with Gasteiger partial charge in [0.25, 0.3) is 0 Å². The number of carbonyl (C=O) groups is 2. The van der Waals surface area contributed by atoms with Gasteiger partial charge in [0.1, 0.15) is 11.7 Å². The molecular formula is C19H20N4O4. The molecule has 3 heterocycles. The SMILES string of the molecule is Cc1nc(-c2ccc3c(c2)CCOC3C(=O)O)nc2c1NC(=O)[C@H](C)N2C. The number of benzene rings is 1. The number of aromatic nitrogens is 2. The summed E-state index contributed by atoms with van der Waals surface area (Å²) in [5.74, 6) is 0.144. The molecule has 2 aromatic rings. The molecule has 0 radical (unpaired) electrons. The molecule has 2 aliphatic heterocycles. The molecule has 1 aromatic carbocycles. The Labute approximate surface area is 156 Å².